The summed E-state index contributed by atoms with van der Waals surface area (Å²) in [5, 5.41) is 12.0. The minimum absolute atomic E-state index is 0.140. The van der Waals surface area contributed by atoms with Crippen LogP contribution in [-0.2, 0) is 9.53 Å². The number of nitrogens with one attached hydrogen (secondary N) is 1. The number of hydrogen-bond donors (Lipinski definition) is 2. The fourth-order valence-electron chi connectivity index (χ4n) is 3.39. The van der Waals surface area contributed by atoms with E-state index in [0.29, 0.717) is 19.0 Å². The molecule has 2 atom stereocenters. The van der Waals surface area contributed by atoms with Gasteiger partial charge in [-0.15, -0.1) is 0 Å². The second kappa shape index (κ2) is 6.92. The molecule has 1 aliphatic carbocycles. The fourth-order valence-corrected chi connectivity index (χ4v) is 3.39. The molecule has 2 aliphatic rings. The van der Waals surface area contributed by atoms with Crippen LogP contribution in [0.15, 0.2) is 0 Å². The van der Waals surface area contributed by atoms with Crippen molar-refractivity contribution in [3.8, 4) is 0 Å². The van der Waals surface area contributed by atoms with Gasteiger partial charge in [-0.25, -0.2) is 4.79 Å². The van der Waals surface area contributed by atoms with Gasteiger partial charge in [-0.3, -0.25) is 9.69 Å². The van der Waals surface area contributed by atoms with Crippen LogP contribution in [0, 0.1) is 5.92 Å². The molecule has 2 unspecified atom stereocenters. The maximum absolute atomic E-state index is 11.3. The van der Waals surface area contributed by atoms with Gasteiger partial charge in [-0.1, -0.05) is 19.3 Å². The van der Waals surface area contributed by atoms with Crippen LogP contribution in [0.3, 0.4) is 0 Å². The first-order chi connectivity index (χ1) is 9.60. The first kappa shape index (κ1) is 15.1. The van der Waals surface area contributed by atoms with Gasteiger partial charge in [-0.2, -0.15) is 0 Å². The van der Waals surface area contributed by atoms with Crippen molar-refractivity contribution in [1.29, 1.82) is 0 Å². The molecule has 1 saturated carbocycles. The van der Waals surface area contributed by atoms with Gasteiger partial charge in [0.05, 0.1) is 13.0 Å². The number of rotatable bonds is 3. The van der Waals surface area contributed by atoms with Crippen molar-refractivity contribution < 1.29 is 19.4 Å². The van der Waals surface area contributed by atoms with Crippen LogP contribution < -0.4 is 5.32 Å². The normalized spacial score (nSPS) is 28.9. The lowest BCUT2D eigenvalue weighted by Crippen LogP contribution is -2.55. The standard InChI is InChI=1S/C14H24N2O4/c1-20-14(19)15-11-7-10(13(17)18)8-16(9-11)12-5-3-2-4-6-12/h10-12H,2-9H2,1H3,(H,15,19)(H,17,18). The molecule has 0 aromatic rings. The Balaban J connectivity index is 1.99. The molecule has 2 fully saturated rings. The largest absolute Gasteiger partial charge is 0.481 e. The summed E-state index contributed by atoms with van der Waals surface area (Å²) in [6.45, 7) is 1.32. The van der Waals surface area contributed by atoms with Gasteiger partial charge in [0.15, 0.2) is 0 Å². The van der Waals surface area contributed by atoms with Gasteiger partial charge in [0, 0.05) is 25.2 Å². The van der Waals surface area contributed by atoms with E-state index in [0.717, 1.165) is 19.4 Å². The van der Waals surface area contributed by atoms with Crippen molar-refractivity contribution in [2.75, 3.05) is 20.2 Å². The molecular weight excluding hydrogens is 260 g/mol. The van der Waals surface area contributed by atoms with Crippen molar-refractivity contribution in [1.82, 2.24) is 10.2 Å². The zero-order valence-corrected chi connectivity index (χ0v) is 12.0. The lowest BCUT2D eigenvalue weighted by molar-refractivity contribution is -0.144. The van der Waals surface area contributed by atoms with E-state index in [4.69, 9.17) is 0 Å². The van der Waals surface area contributed by atoms with E-state index in [-0.39, 0.29) is 6.04 Å². The number of amides is 1. The van der Waals surface area contributed by atoms with Gasteiger partial charge in [0.2, 0.25) is 0 Å². The molecule has 1 heterocycles. The number of ether oxygens (including phenoxy) is 1. The van der Waals surface area contributed by atoms with E-state index < -0.39 is 18.0 Å². The van der Waals surface area contributed by atoms with Gasteiger partial charge >= 0.3 is 12.1 Å². The first-order valence-corrected chi connectivity index (χ1v) is 7.41. The number of carboxylic acids is 1. The van der Waals surface area contributed by atoms with Crippen molar-refractivity contribution in [2.24, 2.45) is 5.92 Å². The Morgan fingerprint density at radius 1 is 1.20 bits per heavy atom. The average Bonchev–Trinajstić information content (AvgIpc) is 2.47. The number of carbonyl (C=O) groups excluding carboxylic acids is 1. The predicted molar refractivity (Wildman–Crippen MR) is 73.5 cm³/mol. The molecule has 0 bridgehead atoms. The monoisotopic (exact) mass is 284 g/mol. The lowest BCUT2D eigenvalue weighted by Gasteiger charge is -2.42. The predicted octanol–water partition coefficient (Wildman–Crippen LogP) is 1.45. The second-order valence-corrected chi connectivity index (χ2v) is 5.85. The van der Waals surface area contributed by atoms with E-state index in [1.165, 1.54) is 26.4 Å². The van der Waals surface area contributed by atoms with Crippen molar-refractivity contribution >= 4 is 12.1 Å². The third-order valence-corrected chi connectivity index (χ3v) is 4.43. The molecule has 6 heteroatoms. The summed E-state index contributed by atoms with van der Waals surface area (Å²) < 4.78 is 4.61. The van der Waals surface area contributed by atoms with Crippen LogP contribution in [0.5, 0.6) is 0 Å². The third kappa shape index (κ3) is 3.85. The molecule has 114 valence electrons. The molecule has 1 saturated heterocycles. The minimum atomic E-state index is -0.776. The number of piperidine rings is 1. The van der Waals surface area contributed by atoms with E-state index in [1.807, 2.05) is 0 Å². The molecule has 2 rings (SSSR count). The van der Waals surface area contributed by atoms with Crippen LogP contribution in [0.1, 0.15) is 38.5 Å². The summed E-state index contributed by atoms with van der Waals surface area (Å²) in [5.74, 6) is -1.19. The molecule has 6 nitrogen and oxygen atoms in total. The van der Waals surface area contributed by atoms with Gasteiger partial charge in [0.25, 0.3) is 0 Å². The number of carboxylic acid groups (broad SMARTS) is 1. The Kier molecular flexibility index (Phi) is 5.23. The molecule has 20 heavy (non-hydrogen) atoms. The van der Waals surface area contributed by atoms with E-state index in [2.05, 4.69) is 15.0 Å². The Hall–Kier alpha value is -1.30. The number of methoxy groups -OCH3 is 1. The number of aliphatic carboxylic acids is 1. The fraction of sp³-hybridized carbons (Fsp3) is 0.857. The van der Waals surface area contributed by atoms with Crippen molar-refractivity contribution in [3.05, 3.63) is 0 Å². The summed E-state index contributed by atoms with van der Waals surface area (Å²) in [7, 11) is 1.33. The maximum Gasteiger partial charge on any atom is 0.407 e. The highest BCUT2D eigenvalue weighted by Crippen LogP contribution is 2.27. The molecule has 1 amide bonds. The SMILES string of the molecule is COC(=O)NC1CC(C(=O)O)CN(C2CCCCC2)C1. The highest BCUT2D eigenvalue weighted by Gasteiger charge is 2.35. The Morgan fingerprint density at radius 2 is 1.90 bits per heavy atom. The molecule has 0 aromatic carbocycles. The Labute approximate surface area is 119 Å². The van der Waals surface area contributed by atoms with E-state index >= 15 is 0 Å². The summed E-state index contributed by atoms with van der Waals surface area (Å²) >= 11 is 0. The smallest absolute Gasteiger partial charge is 0.407 e. The number of alkyl carbamates (subject to hydrolysis) is 1. The molecule has 1 aliphatic heterocycles. The van der Waals surface area contributed by atoms with Crippen LogP contribution in [0.4, 0.5) is 4.79 Å². The van der Waals surface area contributed by atoms with Gasteiger partial charge < -0.3 is 15.2 Å². The third-order valence-electron chi connectivity index (χ3n) is 4.43. The lowest BCUT2D eigenvalue weighted by atomic mass is 9.88. The quantitative estimate of drug-likeness (QED) is 0.820. The number of likely N-dealkylation sites (tertiary alicyclic amines) is 1. The molecule has 2 N–H and O–H groups in total. The van der Waals surface area contributed by atoms with Crippen molar-refractivity contribution in [2.45, 2.75) is 50.6 Å². The van der Waals surface area contributed by atoms with Crippen LogP contribution >= 0.6 is 0 Å². The minimum Gasteiger partial charge on any atom is -0.481 e. The topological polar surface area (TPSA) is 78.9 Å². The zero-order valence-electron chi connectivity index (χ0n) is 12.0. The Bertz CT molecular complexity index is 355. The van der Waals surface area contributed by atoms with E-state index in [1.54, 1.807) is 0 Å². The number of hydrogen-bond acceptors (Lipinski definition) is 4. The van der Waals surface area contributed by atoms with Crippen LogP contribution in [0.2, 0.25) is 0 Å². The summed E-state index contributed by atoms with van der Waals surface area (Å²) in [5.41, 5.74) is 0. The second-order valence-electron chi connectivity index (χ2n) is 5.85. The Morgan fingerprint density at radius 3 is 2.50 bits per heavy atom. The highest BCUT2D eigenvalue weighted by atomic mass is 16.5. The van der Waals surface area contributed by atoms with E-state index in [9.17, 15) is 14.7 Å². The highest BCUT2D eigenvalue weighted by molar-refractivity contribution is 5.71. The maximum atomic E-state index is 11.3. The van der Waals surface area contributed by atoms with Crippen LogP contribution in [0.25, 0.3) is 0 Å². The zero-order chi connectivity index (χ0) is 14.5. The summed E-state index contributed by atoms with van der Waals surface area (Å²) in [4.78, 5) is 24.9. The first-order valence-electron chi connectivity index (χ1n) is 7.41. The van der Waals surface area contributed by atoms with Crippen LogP contribution in [-0.4, -0.2) is 54.4 Å². The number of nitrogens with zero attached hydrogens (tertiary/aromatic N) is 1. The summed E-state index contributed by atoms with van der Waals surface area (Å²) in [6.07, 6.45) is 5.98. The summed E-state index contributed by atoms with van der Waals surface area (Å²) in [6, 6.07) is 0.326. The average molecular weight is 284 g/mol. The molecule has 0 spiro atoms. The van der Waals surface area contributed by atoms with Gasteiger partial charge in [-0.05, 0) is 19.3 Å². The van der Waals surface area contributed by atoms with Crippen molar-refractivity contribution in [3.63, 3.8) is 0 Å². The molecule has 0 aromatic heterocycles. The molecular formula is C14H24N2O4. The van der Waals surface area contributed by atoms with Gasteiger partial charge in [0.1, 0.15) is 0 Å². The molecule has 0 radical (unpaired) electrons. The number of carbonyl (C=O) groups is 2.